The molecule has 3 aromatic rings. The first-order chi connectivity index (χ1) is 10.4. The number of hydrogen-bond acceptors (Lipinski definition) is 5. The molecule has 0 aliphatic rings. The number of hydrogen-bond donors (Lipinski definition) is 3. The molecule has 3 N–H and O–H groups in total. The molecule has 0 unspecified atom stereocenters. The molecular weight excluding hydrogens is 376 g/mol. The van der Waals surface area contributed by atoms with E-state index in [1.54, 1.807) is 6.92 Å². The Morgan fingerprint density at radius 2 is 2.00 bits per heavy atom. The first-order valence-corrected chi connectivity index (χ1v) is 8.45. The fourth-order valence-electron chi connectivity index (χ4n) is 1.96. The summed E-state index contributed by atoms with van der Waals surface area (Å²) in [6.07, 6.45) is 1.44. The van der Waals surface area contributed by atoms with Crippen LogP contribution in [-0.2, 0) is 16.6 Å². The number of aromatic nitrogens is 3. The van der Waals surface area contributed by atoms with Gasteiger partial charge in [-0.3, -0.25) is 0 Å². The molecule has 0 saturated carbocycles. The van der Waals surface area contributed by atoms with Crippen LogP contribution in [0.3, 0.4) is 0 Å². The molecule has 116 valence electrons. The van der Waals surface area contributed by atoms with Crippen LogP contribution in [0.5, 0.6) is 0 Å². The third-order valence-corrected chi connectivity index (χ3v) is 5.49. The van der Waals surface area contributed by atoms with Crippen molar-refractivity contribution >= 4 is 37.0 Å². The molecular formula is C12H11BrN4O4S. The lowest BCUT2D eigenvalue weighted by Gasteiger charge is -2.08. The molecule has 2 aromatic heterocycles. The predicted octanol–water partition coefficient (Wildman–Crippen LogP) is 1.39. The minimum Gasteiger partial charge on any atom is -0.364 e. The zero-order chi connectivity index (χ0) is 15.9. The van der Waals surface area contributed by atoms with E-state index in [9.17, 15) is 13.2 Å². The van der Waals surface area contributed by atoms with Gasteiger partial charge in [0.05, 0.1) is 22.5 Å². The molecule has 0 radical (unpaired) electrons. The van der Waals surface area contributed by atoms with Crippen LogP contribution in [0.25, 0.3) is 11.0 Å². The number of sulfonamides is 1. The van der Waals surface area contributed by atoms with Gasteiger partial charge in [0.25, 0.3) is 0 Å². The van der Waals surface area contributed by atoms with Gasteiger partial charge >= 0.3 is 5.69 Å². The van der Waals surface area contributed by atoms with E-state index >= 15 is 0 Å². The highest BCUT2D eigenvalue weighted by molar-refractivity contribution is 9.10. The molecule has 0 aliphatic carbocycles. The first-order valence-electron chi connectivity index (χ1n) is 6.18. The summed E-state index contributed by atoms with van der Waals surface area (Å²) in [6.45, 7) is 1.78. The molecule has 0 spiro atoms. The van der Waals surface area contributed by atoms with E-state index in [-0.39, 0.29) is 11.4 Å². The number of nitrogens with one attached hydrogen (secondary N) is 3. The highest BCUT2D eigenvalue weighted by Gasteiger charge is 2.20. The van der Waals surface area contributed by atoms with Gasteiger partial charge in [-0.1, -0.05) is 5.16 Å². The van der Waals surface area contributed by atoms with Crippen molar-refractivity contribution in [3.8, 4) is 0 Å². The lowest BCUT2D eigenvalue weighted by molar-refractivity contribution is 0.410. The van der Waals surface area contributed by atoms with E-state index < -0.39 is 15.7 Å². The largest absolute Gasteiger partial charge is 0.364 e. The van der Waals surface area contributed by atoms with Crippen LogP contribution in [0.4, 0.5) is 0 Å². The zero-order valence-corrected chi connectivity index (χ0v) is 13.7. The Morgan fingerprint density at radius 1 is 1.32 bits per heavy atom. The van der Waals surface area contributed by atoms with Gasteiger partial charge in [0.15, 0.2) is 0 Å². The van der Waals surface area contributed by atoms with Crippen molar-refractivity contribution in [3.63, 3.8) is 0 Å². The van der Waals surface area contributed by atoms with Crippen molar-refractivity contribution < 1.29 is 12.9 Å². The van der Waals surface area contributed by atoms with Gasteiger partial charge in [0.1, 0.15) is 12.0 Å². The number of benzene rings is 1. The Balaban J connectivity index is 1.96. The van der Waals surface area contributed by atoms with Crippen LogP contribution in [0.2, 0.25) is 0 Å². The summed E-state index contributed by atoms with van der Waals surface area (Å²) in [5.74, 6) is 0. The molecule has 0 aliphatic heterocycles. The van der Waals surface area contributed by atoms with Gasteiger partial charge in [0, 0.05) is 10.0 Å². The Hall–Kier alpha value is -1.91. The highest BCUT2D eigenvalue weighted by Crippen LogP contribution is 2.26. The average molecular weight is 387 g/mol. The number of halogens is 1. The quantitative estimate of drug-likeness (QED) is 0.625. The van der Waals surface area contributed by atoms with Gasteiger partial charge < -0.3 is 14.5 Å². The SMILES string of the molecule is Cc1conc1CNS(=O)(=O)c1cc2[nH]c(=O)[nH]c2cc1Br. The Kier molecular flexibility index (Phi) is 3.67. The molecule has 0 amide bonds. The van der Waals surface area contributed by atoms with Crippen molar-refractivity contribution in [1.29, 1.82) is 0 Å². The van der Waals surface area contributed by atoms with Gasteiger partial charge in [-0.25, -0.2) is 17.9 Å². The predicted molar refractivity (Wildman–Crippen MR) is 81.9 cm³/mol. The lowest BCUT2D eigenvalue weighted by atomic mass is 10.3. The minimum atomic E-state index is -3.78. The molecule has 0 fully saturated rings. The summed E-state index contributed by atoms with van der Waals surface area (Å²) in [6, 6.07) is 2.92. The molecule has 2 heterocycles. The van der Waals surface area contributed by atoms with Crippen LogP contribution in [0.15, 0.2) is 37.1 Å². The summed E-state index contributed by atoms with van der Waals surface area (Å²) in [7, 11) is -3.78. The van der Waals surface area contributed by atoms with Crippen molar-refractivity contribution in [2.24, 2.45) is 0 Å². The summed E-state index contributed by atoms with van der Waals surface area (Å²) >= 11 is 3.21. The van der Waals surface area contributed by atoms with Gasteiger partial charge in [-0.2, -0.15) is 0 Å². The molecule has 22 heavy (non-hydrogen) atoms. The number of rotatable bonds is 4. The Morgan fingerprint density at radius 3 is 2.64 bits per heavy atom. The van der Waals surface area contributed by atoms with Crippen LogP contribution < -0.4 is 10.4 Å². The van der Waals surface area contributed by atoms with Crippen LogP contribution >= 0.6 is 15.9 Å². The summed E-state index contributed by atoms with van der Waals surface area (Å²) in [5.41, 5.74) is 1.79. The smallest absolute Gasteiger partial charge is 0.323 e. The molecule has 1 aromatic carbocycles. The molecule has 3 rings (SSSR count). The fourth-order valence-corrected chi connectivity index (χ4v) is 4.02. The second kappa shape index (κ2) is 5.38. The van der Waals surface area contributed by atoms with Crippen LogP contribution in [0, 0.1) is 6.92 Å². The average Bonchev–Trinajstić information content (AvgIpc) is 3.00. The third-order valence-electron chi connectivity index (χ3n) is 3.14. The van der Waals surface area contributed by atoms with E-state index in [0.717, 1.165) is 5.56 Å². The van der Waals surface area contributed by atoms with Gasteiger partial charge in [-0.15, -0.1) is 0 Å². The van der Waals surface area contributed by atoms with Gasteiger partial charge in [-0.05, 0) is 35.0 Å². The lowest BCUT2D eigenvalue weighted by Crippen LogP contribution is -2.24. The monoisotopic (exact) mass is 386 g/mol. The van der Waals surface area contributed by atoms with Crippen molar-refractivity contribution in [2.45, 2.75) is 18.4 Å². The summed E-state index contributed by atoms with van der Waals surface area (Å²) in [5, 5.41) is 3.72. The van der Waals surface area contributed by atoms with Crippen LogP contribution in [-0.4, -0.2) is 23.5 Å². The van der Waals surface area contributed by atoms with Crippen LogP contribution in [0.1, 0.15) is 11.3 Å². The molecule has 0 atom stereocenters. The second-order valence-electron chi connectivity index (χ2n) is 4.68. The van der Waals surface area contributed by atoms with Crippen molar-refractivity contribution in [3.05, 3.63) is 44.6 Å². The number of aryl methyl sites for hydroxylation is 1. The van der Waals surface area contributed by atoms with E-state index in [1.165, 1.54) is 18.4 Å². The topological polar surface area (TPSA) is 121 Å². The first kappa shape index (κ1) is 15.0. The molecule has 0 saturated heterocycles. The van der Waals surface area contributed by atoms with E-state index in [2.05, 4.69) is 35.8 Å². The maximum absolute atomic E-state index is 12.4. The van der Waals surface area contributed by atoms with E-state index in [0.29, 0.717) is 21.2 Å². The summed E-state index contributed by atoms with van der Waals surface area (Å²) in [4.78, 5) is 16.4. The van der Waals surface area contributed by atoms with E-state index in [4.69, 9.17) is 4.52 Å². The third kappa shape index (κ3) is 2.72. The number of fused-ring (bicyclic) bond motifs is 1. The maximum Gasteiger partial charge on any atom is 0.323 e. The number of nitrogens with zero attached hydrogens (tertiary/aromatic N) is 1. The number of imidazole rings is 1. The van der Waals surface area contributed by atoms with E-state index in [1.807, 2.05) is 0 Å². The minimum absolute atomic E-state index is 0.0127. The molecule has 0 bridgehead atoms. The number of aromatic amines is 2. The van der Waals surface area contributed by atoms with Crippen molar-refractivity contribution in [1.82, 2.24) is 19.8 Å². The normalized spacial score (nSPS) is 12.1. The Labute approximate surface area is 133 Å². The summed E-state index contributed by atoms with van der Waals surface area (Å²) < 4.78 is 32.4. The maximum atomic E-state index is 12.4. The van der Waals surface area contributed by atoms with Gasteiger partial charge in [0.2, 0.25) is 10.0 Å². The zero-order valence-electron chi connectivity index (χ0n) is 11.3. The Bertz CT molecular complexity index is 1000. The number of H-pyrrole nitrogens is 2. The van der Waals surface area contributed by atoms with Crippen molar-refractivity contribution in [2.75, 3.05) is 0 Å². The molecule has 8 nitrogen and oxygen atoms in total. The molecule has 10 heteroatoms. The standard InChI is InChI=1S/C12H11BrN4O4S/c1-6-5-21-17-10(6)4-14-22(19,20)11-3-9-8(2-7(11)13)15-12(18)16-9/h2-3,5,14H,4H2,1H3,(H2,15,16,18). The second-order valence-corrected chi connectivity index (χ2v) is 7.27. The highest BCUT2D eigenvalue weighted by atomic mass is 79.9. The fraction of sp³-hybridized carbons (Fsp3) is 0.167.